The first kappa shape index (κ1) is 13.9. The average molecular weight is 228 g/mol. The van der Waals surface area contributed by atoms with Crippen LogP contribution in [0.15, 0.2) is 0 Å². The number of hydrogen-bond donors (Lipinski definition) is 2. The van der Waals surface area contributed by atoms with E-state index >= 15 is 0 Å². The van der Waals surface area contributed by atoms with Gasteiger partial charge in [0.05, 0.1) is 6.61 Å². The van der Waals surface area contributed by atoms with Gasteiger partial charge in [0, 0.05) is 19.2 Å². The van der Waals surface area contributed by atoms with Gasteiger partial charge in [-0.2, -0.15) is 0 Å². The van der Waals surface area contributed by atoms with Crippen LogP contribution >= 0.6 is 0 Å². The van der Waals surface area contributed by atoms with Crippen molar-refractivity contribution >= 4 is 0 Å². The third-order valence-electron chi connectivity index (χ3n) is 3.73. The zero-order valence-corrected chi connectivity index (χ0v) is 10.9. The number of nitrogens with one attached hydrogen (secondary N) is 1. The van der Waals surface area contributed by atoms with E-state index in [1.807, 2.05) is 0 Å². The van der Waals surface area contributed by atoms with Crippen molar-refractivity contribution in [1.82, 2.24) is 5.32 Å². The molecule has 96 valence electrons. The van der Waals surface area contributed by atoms with Crippen molar-refractivity contribution in [3.63, 3.8) is 0 Å². The Hall–Kier alpha value is -0.120. The maximum atomic E-state index is 5.56. The van der Waals surface area contributed by atoms with Crippen LogP contribution in [-0.4, -0.2) is 32.3 Å². The summed E-state index contributed by atoms with van der Waals surface area (Å²) in [5.74, 6) is 0.872. The van der Waals surface area contributed by atoms with Crippen LogP contribution in [0.3, 0.4) is 0 Å². The standard InChI is InChI=1S/C13H28N2O/c1-11(12-6-3-4-7-12)15-13(10-16-2)8-5-9-14/h11-13,15H,3-10,14H2,1-2H3/t11-,13?/m1/s1. The number of rotatable bonds is 8. The molecule has 1 fully saturated rings. The summed E-state index contributed by atoms with van der Waals surface area (Å²) in [5.41, 5.74) is 5.56. The molecule has 0 spiro atoms. The van der Waals surface area contributed by atoms with Crippen LogP contribution in [0.1, 0.15) is 45.4 Å². The summed E-state index contributed by atoms with van der Waals surface area (Å²) in [6, 6.07) is 1.10. The fraction of sp³-hybridized carbons (Fsp3) is 1.00. The Bertz CT molecular complexity index is 169. The first-order valence-corrected chi connectivity index (χ1v) is 6.73. The van der Waals surface area contributed by atoms with E-state index in [0.29, 0.717) is 12.1 Å². The van der Waals surface area contributed by atoms with Gasteiger partial charge in [0.25, 0.3) is 0 Å². The molecule has 1 rings (SSSR count). The van der Waals surface area contributed by atoms with Gasteiger partial charge in [-0.05, 0) is 45.1 Å². The Morgan fingerprint density at radius 2 is 2.06 bits per heavy atom. The quantitative estimate of drug-likeness (QED) is 0.667. The van der Waals surface area contributed by atoms with Crippen LogP contribution in [0.2, 0.25) is 0 Å². The summed E-state index contributed by atoms with van der Waals surface area (Å²) in [6.45, 7) is 3.90. The molecule has 0 heterocycles. The predicted octanol–water partition coefficient (Wildman–Crippen LogP) is 1.91. The molecule has 0 saturated heterocycles. The van der Waals surface area contributed by atoms with E-state index in [4.69, 9.17) is 10.5 Å². The summed E-state index contributed by atoms with van der Waals surface area (Å²) in [5, 5.41) is 3.71. The SMILES string of the molecule is COCC(CCCN)N[C@H](C)C1CCCC1. The van der Waals surface area contributed by atoms with Gasteiger partial charge in [-0.3, -0.25) is 0 Å². The number of ether oxygens (including phenoxy) is 1. The number of nitrogens with two attached hydrogens (primary N) is 1. The molecule has 3 heteroatoms. The Labute approximate surface area is 100 Å². The molecule has 3 nitrogen and oxygen atoms in total. The Morgan fingerprint density at radius 3 is 2.62 bits per heavy atom. The van der Waals surface area contributed by atoms with Crippen molar-refractivity contribution in [1.29, 1.82) is 0 Å². The molecule has 0 radical (unpaired) electrons. The molecule has 0 amide bonds. The maximum Gasteiger partial charge on any atom is 0.0615 e. The van der Waals surface area contributed by atoms with Crippen molar-refractivity contribution in [3.05, 3.63) is 0 Å². The lowest BCUT2D eigenvalue weighted by Gasteiger charge is -2.26. The van der Waals surface area contributed by atoms with Crippen molar-refractivity contribution in [2.75, 3.05) is 20.3 Å². The Balaban J connectivity index is 2.27. The zero-order valence-electron chi connectivity index (χ0n) is 10.9. The summed E-state index contributed by atoms with van der Waals surface area (Å²) < 4.78 is 5.26. The molecule has 2 atom stereocenters. The summed E-state index contributed by atoms with van der Waals surface area (Å²) in [4.78, 5) is 0. The second kappa shape index (κ2) is 8.04. The smallest absolute Gasteiger partial charge is 0.0615 e. The van der Waals surface area contributed by atoms with E-state index in [2.05, 4.69) is 12.2 Å². The van der Waals surface area contributed by atoms with Gasteiger partial charge < -0.3 is 15.8 Å². The van der Waals surface area contributed by atoms with Crippen LogP contribution in [0.5, 0.6) is 0 Å². The fourth-order valence-electron chi connectivity index (χ4n) is 2.75. The van der Waals surface area contributed by atoms with Gasteiger partial charge in [0.15, 0.2) is 0 Å². The molecule has 1 aliphatic rings. The van der Waals surface area contributed by atoms with Gasteiger partial charge in [0.1, 0.15) is 0 Å². The molecule has 16 heavy (non-hydrogen) atoms. The molecular weight excluding hydrogens is 200 g/mol. The summed E-state index contributed by atoms with van der Waals surface area (Å²) in [6.07, 6.45) is 7.82. The average Bonchev–Trinajstić information content (AvgIpc) is 2.79. The van der Waals surface area contributed by atoms with E-state index in [-0.39, 0.29) is 0 Å². The molecule has 0 aromatic rings. The minimum Gasteiger partial charge on any atom is -0.383 e. The summed E-state index contributed by atoms with van der Waals surface area (Å²) >= 11 is 0. The number of hydrogen-bond acceptors (Lipinski definition) is 3. The van der Waals surface area contributed by atoms with Crippen molar-refractivity contribution in [2.24, 2.45) is 11.7 Å². The van der Waals surface area contributed by atoms with E-state index in [0.717, 1.165) is 31.9 Å². The van der Waals surface area contributed by atoms with E-state index in [1.165, 1.54) is 25.7 Å². The van der Waals surface area contributed by atoms with Gasteiger partial charge >= 0.3 is 0 Å². The van der Waals surface area contributed by atoms with E-state index < -0.39 is 0 Å². The van der Waals surface area contributed by atoms with E-state index in [9.17, 15) is 0 Å². The fourth-order valence-corrected chi connectivity index (χ4v) is 2.75. The minimum absolute atomic E-state index is 0.476. The van der Waals surface area contributed by atoms with E-state index in [1.54, 1.807) is 7.11 Å². The highest BCUT2D eigenvalue weighted by molar-refractivity contribution is 4.80. The van der Waals surface area contributed by atoms with Gasteiger partial charge in [0.2, 0.25) is 0 Å². The molecule has 1 saturated carbocycles. The molecule has 0 aromatic carbocycles. The normalized spacial score (nSPS) is 21.2. The van der Waals surface area contributed by atoms with Crippen LogP contribution in [0, 0.1) is 5.92 Å². The van der Waals surface area contributed by atoms with Gasteiger partial charge in [-0.25, -0.2) is 0 Å². The topological polar surface area (TPSA) is 47.3 Å². The molecule has 0 bridgehead atoms. The van der Waals surface area contributed by atoms with Gasteiger partial charge in [-0.1, -0.05) is 12.8 Å². The van der Waals surface area contributed by atoms with Crippen LogP contribution < -0.4 is 11.1 Å². The van der Waals surface area contributed by atoms with Gasteiger partial charge in [-0.15, -0.1) is 0 Å². The Kier molecular flexibility index (Phi) is 7.01. The number of methoxy groups -OCH3 is 1. The molecule has 1 unspecified atom stereocenters. The third kappa shape index (κ3) is 4.81. The second-order valence-corrected chi connectivity index (χ2v) is 5.08. The largest absolute Gasteiger partial charge is 0.383 e. The third-order valence-corrected chi connectivity index (χ3v) is 3.73. The van der Waals surface area contributed by atoms with Crippen molar-refractivity contribution in [3.8, 4) is 0 Å². The zero-order chi connectivity index (χ0) is 11.8. The van der Waals surface area contributed by atoms with Crippen LogP contribution in [0.25, 0.3) is 0 Å². The maximum absolute atomic E-state index is 5.56. The lowest BCUT2D eigenvalue weighted by molar-refractivity contribution is 0.150. The lowest BCUT2D eigenvalue weighted by atomic mass is 9.98. The predicted molar refractivity (Wildman–Crippen MR) is 68.5 cm³/mol. The molecule has 0 aromatic heterocycles. The molecular formula is C13H28N2O. The molecule has 0 aliphatic heterocycles. The first-order chi connectivity index (χ1) is 7.77. The van der Waals surface area contributed by atoms with Crippen LogP contribution in [0.4, 0.5) is 0 Å². The molecule has 3 N–H and O–H groups in total. The first-order valence-electron chi connectivity index (χ1n) is 6.73. The monoisotopic (exact) mass is 228 g/mol. The lowest BCUT2D eigenvalue weighted by Crippen LogP contribution is -2.42. The second-order valence-electron chi connectivity index (χ2n) is 5.08. The van der Waals surface area contributed by atoms with Crippen LogP contribution in [-0.2, 0) is 4.74 Å². The minimum atomic E-state index is 0.476. The van der Waals surface area contributed by atoms with Crippen molar-refractivity contribution < 1.29 is 4.74 Å². The van der Waals surface area contributed by atoms with Crippen molar-refractivity contribution in [2.45, 2.75) is 57.5 Å². The highest BCUT2D eigenvalue weighted by Crippen LogP contribution is 2.27. The highest BCUT2D eigenvalue weighted by atomic mass is 16.5. The summed E-state index contributed by atoms with van der Waals surface area (Å²) in [7, 11) is 1.78. The Morgan fingerprint density at radius 1 is 1.38 bits per heavy atom. The molecule has 1 aliphatic carbocycles. The highest BCUT2D eigenvalue weighted by Gasteiger charge is 2.23.